The number of halogens is 1. The molecular formula is C15H22ClN3O. The van der Waals surface area contributed by atoms with Gasteiger partial charge in [-0.3, -0.25) is 4.79 Å². The number of likely N-dealkylation sites (tertiary alicyclic amines) is 1. The Morgan fingerprint density at radius 1 is 1.60 bits per heavy atom. The van der Waals surface area contributed by atoms with E-state index in [-0.39, 0.29) is 5.91 Å². The second-order valence-corrected chi connectivity index (χ2v) is 6.26. The first-order valence-electron chi connectivity index (χ1n) is 7.17. The van der Waals surface area contributed by atoms with Gasteiger partial charge in [0.05, 0.1) is 5.02 Å². The van der Waals surface area contributed by atoms with E-state index in [4.69, 9.17) is 11.6 Å². The summed E-state index contributed by atoms with van der Waals surface area (Å²) in [5.74, 6) is 1.04. The number of pyridine rings is 1. The molecule has 20 heavy (non-hydrogen) atoms. The molecule has 0 aromatic carbocycles. The van der Waals surface area contributed by atoms with Gasteiger partial charge in [-0.25, -0.2) is 4.98 Å². The molecule has 0 aliphatic carbocycles. The van der Waals surface area contributed by atoms with Crippen LogP contribution in [0, 0.1) is 11.8 Å². The van der Waals surface area contributed by atoms with Crippen LogP contribution >= 0.6 is 11.6 Å². The minimum absolute atomic E-state index is 0.182. The number of aromatic nitrogens is 1. The zero-order valence-corrected chi connectivity index (χ0v) is 12.9. The van der Waals surface area contributed by atoms with Gasteiger partial charge in [0.1, 0.15) is 5.69 Å². The summed E-state index contributed by atoms with van der Waals surface area (Å²) < 4.78 is 0. The van der Waals surface area contributed by atoms with Crippen LogP contribution in [0.25, 0.3) is 0 Å². The molecule has 1 aliphatic rings. The van der Waals surface area contributed by atoms with Gasteiger partial charge in [0, 0.05) is 25.8 Å². The van der Waals surface area contributed by atoms with Crippen molar-refractivity contribution in [1.29, 1.82) is 0 Å². The van der Waals surface area contributed by atoms with Crippen molar-refractivity contribution in [1.82, 2.24) is 15.2 Å². The topological polar surface area (TPSA) is 45.2 Å². The van der Waals surface area contributed by atoms with Crippen molar-refractivity contribution in [3.05, 3.63) is 29.0 Å². The molecule has 1 aromatic rings. The zero-order chi connectivity index (χ0) is 14.5. The third-order valence-corrected chi connectivity index (χ3v) is 3.82. The zero-order valence-electron chi connectivity index (χ0n) is 12.1. The monoisotopic (exact) mass is 295 g/mol. The fourth-order valence-corrected chi connectivity index (χ4v) is 2.84. The quantitative estimate of drug-likeness (QED) is 0.907. The fourth-order valence-electron chi connectivity index (χ4n) is 2.64. The lowest BCUT2D eigenvalue weighted by atomic mass is 10.1. The highest BCUT2D eigenvalue weighted by Gasteiger charge is 2.23. The van der Waals surface area contributed by atoms with Gasteiger partial charge in [-0.15, -0.1) is 0 Å². The van der Waals surface area contributed by atoms with Gasteiger partial charge < -0.3 is 10.2 Å². The predicted octanol–water partition coefficient (Wildman–Crippen LogP) is 2.44. The van der Waals surface area contributed by atoms with E-state index in [1.807, 2.05) is 0 Å². The molecule has 0 radical (unpaired) electrons. The summed E-state index contributed by atoms with van der Waals surface area (Å²) in [6.45, 7) is 8.49. The predicted molar refractivity (Wildman–Crippen MR) is 81.0 cm³/mol. The Morgan fingerprint density at radius 3 is 3.10 bits per heavy atom. The fraction of sp³-hybridized carbons (Fsp3) is 0.600. The van der Waals surface area contributed by atoms with Gasteiger partial charge in [-0.2, -0.15) is 0 Å². The van der Waals surface area contributed by atoms with Crippen LogP contribution < -0.4 is 5.32 Å². The van der Waals surface area contributed by atoms with Crippen LogP contribution in [-0.4, -0.2) is 42.0 Å². The number of carbonyl (C=O) groups excluding carboxylic acids is 1. The molecule has 0 spiro atoms. The van der Waals surface area contributed by atoms with Crippen molar-refractivity contribution in [3.63, 3.8) is 0 Å². The third-order valence-electron chi connectivity index (χ3n) is 3.52. The molecule has 5 heteroatoms. The number of hydrogen-bond acceptors (Lipinski definition) is 3. The molecule has 1 saturated heterocycles. The summed E-state index contributed by atoms with van der Waals surface area (Å²) >= 11 is 5.96. The molecule has 1 unspecified atom stereocenters. The Labute approximate surface area is 125 Å². The molecule has 1 aromatic heterocycles. The molecule has 1 fully saturated rings. The van der Waals surface area contributed by atoms with Crippen LogP contribution in [0.1, 0.15) is 30.8 Å². The maximum absolute atomic E-state index is 12.0. The SMILES string of the molecule is CC(C)CN1CCC(CNC(=O)c2ncccc2Cl)C1. The van der Waals surface area contributed by atoms with Crippen molar-refractivity contribution in [3.8, 4) is 0 Å². The second-order valence-electron chi connectivity index (χ2n) is 5.85. The molecule has 110 valence electrons. The van der Waals surface area contributed by atoms with Gasteiger partial charge in [0.15, 0.2) is 0 Å². The molecule has 0 bridgehead atoms. The maximum Gasteiger partial charge on any atom is 0.271 e. The first kappa shape index (κ1) is 15.3. The lowest BCUT2D eigenvalue weighted by Crippen LogP contribution is -2.32. The lowest BCUT2D eigenvalue weighted by Gasteiger charge is -2.18. The smallest absolute Gasteiger partial charge is 0.271 e. The summed E-state index contributed by atoms with van der Waals surface area (Å²) in [7, 11) is 0. The van der Waals surface area contributed by atoms with Crippen LogP contribution in [0.15, 0.2) is 18.3 Å². The highest BCUT2D eigenvalue weighted by Crippen LogP contribution is 2.17. The molecule has 4 nitrogen and oxygen atoms in total. The van der Waals surface area contributed by atoms with Crippen LogP contribution in [0.3, 0.4) is 0 Å². The van der Waals surface area contributed by atoms with Gasteiger partial charge in [0.25, 0.3) is 5.91 Å². The van der Waals surface area contributed by atoms with E-state index >= 15 is 0 Å². The van der Waals surface area contributed by atoms with Crippen molar-refractivity contribution >= 4 is 17.5 Å². The van der Waals surface area contributed by atoms with E-state index in [2.05, 4.69) is 29.0 Å². The van der Waals surface area contributed by atoms with Crippen molar-refractivity contribution < 1.29 is 4.79 Å². The van der Waals surface area contributed by atoms with E-state index in [9.17, 15) is 4.79 Å². The number of carbonyl (C=O) groups is 1. The van der Waals surface area contributed by atoms with Crippen LogP contribution in [0.2, 0.25) is 5.02 Å². The summed E-state index contributed by atoms with van der Waals surface area (Å²) in [6, 6.07) is 3.41. The van der Waals surface area contributed by atoms with Gasteiger partial charge in [0.2, 0.25) is 0 Å². The van der Waals surface area contributed by atoms with E-state index in [0.717, 1.165) is 26.1 Å². The van der Waals surface area contributed by atoms with Crippen molar-refractivity contribution in [2.75, 3.05) is 26.2 Å². The number of nitrogens with zero attached hydrogens (tertiary/aromatic N) is 2. The summed E-state index contributed by atoms with van der Waals surface area (Å²) in [6.07, 6.45) is 2.73. The largest absolute Gasteiger partial charge is 0.350 e. The number of amides is 1. The summed E-state index contributed by atoms with van der Waals surface area (Å²) in [4.78, 5) is 18.5. The van der Waals surface area contributed by atoms with Crippen molar-refractivity contribution in [2.24, 2.45) is 11.8 Å². The number of nitrogens with one attached hydrogen (secondary N) is 1. The highest BCUT2D eigenvalue weighted by molar-refractivity contribution is 6.33. The molecular weight excluding hydrogens is 274 g/mol. The van der Waals surface area contributed by atoms with Crippen LogP contribution in [-0.2, 0) is 0 Å². The third kappa shape index (κ3) is 4.18. The summed E-state index contributed by atoms with van der Waals surface area (Å²) in [5, 5.41) is 3.34. The first-order chi connectivity index (χ1) is 9.56. The molecule has 2 rings (SSSR count). The molecule has 1 atom stereocenters. The van der Waals surface area contributed by atoms with Crippen molar-refractivity contribution in [2.45, 2.75) is 20.3 Å². The highest BCUT2D eigenvalue weighted by atomic mass is 35.5. The molecule has 1 N–H and O–H groups in total. The van der Waals surface area contributed by atoms with Gasteiger partial charge >= 0.3 is 0 Å². The minimum atomic E-state index is -0.182. The Hall–Kier alpha value is -1.13. The molecule has 1 amide bonds. The normalized spacial score (nSPS) is 19.5. The Kier molecular flexibility index (Phi) is 5.38. The summed E-state index contributed by atoms with van der Waals surface area (Å²) in [5.41, 5.74) is 0.311. The first-order valence-corrected chi connectivity index (χ1v) is 7.55. The number of rotatable bonds is 5. The standard InChI is InChI=1S/C15H22ClN3O/c1-11(2)9-19-7-5-12(10-19)8-18-15(20)14-13(16)4-3-6-17-14/h3-4,6,11-12H,5,7-10H2,1-2H3,(H,18,20). The van der Waals surface area contributed by atoms with Crippen LogP contribution in [0.4, 0.5) is 0 Å². The van der Waals surface area contributed by atoms with E-state index < -0.39 is 0 Å². The molecule has 1 aliphatic heterocycles. The average molecular weight is 296 g/mol. The Morgan fingerprint density at radius 2 is 2.40 bits per heavy atom. The Balaban J connectivity index is 1.79. The van der Waals surface area contributed by atoms with Crippen LogP contribution in [0.5, 0.6) is 0 Å². The average Bonchev–Trinajstić information content (AvgIpc) is 2.83. The number of hydrogen-bond donors (Lipinski definition) is 1. The maximum atomic E-state index is 12.0. The Bertz CT molecular complexity index is 464. The lowest BCUT2D eigenvalue weighted by molar-refractivity contribution is 0.0942. The van der Waals surface area contributed by atoms with Gasteiger partial charge in [-0.05, 0) is 36.9 Å². The van der Waals surface area contributed by atoms with E-state index in [1.165, 1.54) is 0 Å². The van der Waals surface area contributed by atoms with E-state index in [0.29, 0.717) is 29.1 Å². The van der Waals surface area contributed by atoms with E-state index in [1.54, 1.807) is 18.3 Å². The van der Waals surface area contributed by atoms with Gasteiger partial charge in [-0.1, -0.05) is 25.4 Å². The molecule has 2 heterocycles. The minimum Gasteiger partial charge on any atom is -0.350 e. The molecule has 0 saturated carbocycles. The second kappa shape index (κ2) is 7.04.